The van der Waals surface area contributed by atoms with Crippen molar-refractivity contribution in [3.8, 4) is 0 Å². The number of rotatable bonds is 7. The van der Waals surface area contributed by atoms with Crippen LogP contribution in [0.4, 0.5) is 11.4 Å². The molecular weight excluding hydrogens is 288 g/mol. The van der Waals surface area contributed by atoms with Gasteiger partial charge in [-0.25, -0.2) is 0 Å². The number of aromatic nitrogens is 1. The van der Waals surface area contributed by atoms with Crippen molar-refractivity contribution >= 4 is 17.3 Å². The number of carbonyl (C=O) groups is 1. The normalized spacial score (nSPS) is 10.6. The van der Waals surface area contributed by atoms with Crippen LogP contribution in [0.25, 0.3) is 0 Å². The van der Waals surface area contributed by atoms with Gasteiger partial charge in [-0.05, 0) is 50.3 Å². The molecule has 0 fully saturated rings. The Balaban J connectivity index is 1.98. The molecule has 0 spiro atoms. The second-order valence-corrected chi connectivity index (χ2v) is 5.66. The lowest BCUT2D eigenvalue weighted by molar-refractivity contribution is 0.102. The third kappa shape index (κ3) is 5.38. The summed E-state index contributed by atoms with van der Waals surface area (Å²) < 4.78 is 0. The molecule has 122 valence electrons. The summed E-state index contributed by atoms with van der Waals surface area (Å²) >= 11 is 0. The lowest BCUT2D eigenvalue weighted by Gasteiger charge is -2.12. The number of hydrogen-bond donors (Lipinski definition) is 2. The van der Waals surface area contributed by atoms with Gasteiger partial charge in [0.25, 0.3) is 5.91 Å². The standard InChI is InChI=1S/C18H24N4O/c1-4-14-5-7-15(8-6-14)21-18(23)17-13-16(9-10-20-17)19-11-12-22(2)3/h5-10,13H,4,11-12H2,1-3H3,(H,19,20)(H,21,23). The lowest BCUT2D eigenvalue weighted by Crippen LogP contribution is -2.21. The molecule has 0 radical (unpaired) electrons. The Morgan fingerprint density at radius 3 is 2.52 bits per heavy atom. The van der Waals surface area contributed by atoms with Gasteiger partial charge in [0.2, 0.25) is 0 Å². The molecule has 0 aliphatic heterocycles. The van der Waals surface area contributed by atoms with Gasteiger partial charge in [0.05, 0.1) is 0 Å². The predicted octanol–water partition coefficient (Wildman–Crippen LogP) is 2.87. The minimum Gasteiger partial charge on any atom is -0.384 e. The molecule has 0 aliphatic carbocycles. The van der Waals surface area contributed by atoms with Crippen molar-refractivity contribution in [3.05, 3.63) is 53.9 Å². The molecule has 0 saturated heterocycles. The summed E-state index contributed by atoms with van der Waals surface area (Å²) in [6.45, 7) is 3.84. The first kappa shape index (κ1) is 17.0. The van der Waals surface area contributed by atoms with Crippen LogP contribution in [0, 0.1) is 0 Å². The van der Waals surface area contributed by atoms with Gasteiger partial charge in [-0.1, -0.05) is 19.1 Å². The first-order valence-electron chi connectivity index (χ1n) is 7.83. The molecule has 2 N–H and O–H groups in total. The van der Waals surface area contributed by atoms with E-state index in [1.54, 1.807) is 12.3 Å². The van der Waals surface area contributed by atoms with E-state index in [0.717, 1.165) is 30.9 Å². The first-order valence-corrected chi connectivity index (χ1v) is 7.83. The van der Waals surface area contributed by atoms with E-state index in [0.29, 0.717) is 5.69 Å². The molecule has 5 heteroatoms. The molecule has 0 atom stereocenters. The first-order chi connectivity index (χ1) is 11.1. The number of aryl methyl sites for hydroxylation is 1. The molecule has 0 bridgehead atoms. The van der Waals surface area contributed by atoms with Crippen LogP contribution in [-0.4, -0.2) is 43.0 Å². The number of likely N-dealkylation sites (N-methyl/N-ethyl adjacent to an activating group) is 1. The molecule has 1 aromatic carbocycles. The van der Waals surface area contributed by atoms with E-state index < -0.39 is 0 Å². The monoisotopic (exact) mass is 312 g/mol. The summed E-state index contributed by atoms with van der Waals surface area (Å²) in [5.74, 6) is -0.203. The maximum absolute atomic E-state index is 12.3. The minimum atomic E-state index is -0.203. The third-order valence-electron chi connectivity index (χ3n) is 3.50. The van der Waals surface area contributed by atoms with E-state index in [4.69, 9.17) is 0 Å². The summed E-state index contributed by atoms with van der Waals surface area (Å²) in [6.07, 6.45) is 2.63. The predicted molar refractivity (Wildman–Crippen MR) is 95.1 cm³/mol. The van der Waals surface area contributed by atoms with E-state index in [-0.39, 0.29) is 5.91 Å². The Bertz CT molecular complexity index is 638. The molecule has 2 aromatic rings. The number of nitrogens with zero attached hydrogens (tertiary/aromatic N) is 2. The largest absolute Gasteiger partial charge is 0.384 e. The number of pyridine rings is 1. The van der Waals surface area contributed by atoms with Crippen molar-refractivity contribution in [2.75, 3.05) is 37.8 Å². The zero-order valence-electron chi connectivity index (χ0n) is 14.0. The Kier molecular flexibility index (Phi) is 6.11. The lowest BCUT2D eigenvalue weighted by atomic mass is 10.1. The highest BCUT2D eigenvalue weighted by Crippen LogP contribution is 2.13. The number of anilines is 2. The van der Waals surface area contributed by atoms with Gasteiger partial charge in [-0.15, -0.1) is 0 Å². The van der Waals surface area contributed by atoms with E-state index in [9.17, 15) is 4.79 Å². The van der Waals surface area contributed by atoms with Crippen LogP contribution in [0.15, 0.2) is 42.6 Å². The Hall–Kier alpha value is -2.40. The van der Waals surface area contributed by atoms with Crippen molar-refractivity contribution in [3.63, 3.8) is 0 Å². The summed E-state index contributed by atoms with van der Waals surface area (Å²) in [5, 5.41) is 6.16. The van der Waals surface area contributed by atoms with Crippen LogP contribution in [-0.2, 0) is 6.42 Å². The fourth-order valence-corrected chi connectivity index (χ4v) is 2.11. The number of nitrogens with one attached hydrogen (secondary N) is 2. The van der Waals surface area contributed by atoms with Crippen LogP contribution in [0.1, 0.15) is 23.0 Å². The van der Waals surface area contributed by atoms with Crippen molar-refractivity contribution in [1.29, 1.82) is 0 Å². The van der Waals surface area contributed by atoms with Gasteiger partial charge in [-0.3, -0.25) is 9.78 Å². The Morgan fingerprint density at radius 2 is 1.87 bits per heavy atom. The minimum absolute atomic E-state index is 0.203. The fourth-order valence-electron chi connectivity index (χ4n) is 2.11. The van der Waals surface area contributed by atoms with Gasteiger partial charge >= 0.3 is 0 Å². The van der Waals surface area contributed by atoms with E-state index in [1.165, 1.54) is 5.56 Å². The Morgan fingerprint density at radius 1 is 1.13 bits per heavy atom. The molecule has 1 amide bonds. The number of carbonyl (C=O) groups excluding carboxylic acids is 1. The van der Waals surface area contributed by atoms with Crippen LogP contribution in [0.5, 0.6) is 0 Å². The van der Waals surface area contributed by atoms with E-state index >= 15 is 0 Å². The van der Waals surface area contributed by atoms with Crippen LogP contribution >= 0.6 is 0 Å². The van der Waals surface area contributed by atoms with Crippen molar-refractivity contribution in [1.82, 2.24) is 9.88 Å². The van der Waals surface area contributed by atoms with Gasteiger partial charge in [0.1, 0.15) is 5.69 Å². The van der Waals surface area contributed by atoms with Crippen LogP contribution < -0.4 is 10.6 Å². The zero-order chi connectivity index (χ0) is 16.7. The number of hydrogen-bond acceptors (Lipinski definition) is 4. The Labute approximate surface area is 137 Å². The number of benzene rings is 1. The van der Waals surface area contributed by atoms with Crippen molar-refractivity contribution in [2.24, 2.45) is 0 Å². The molecule has 1 aromatic heterocycles. The summed E-state index contributed by atoms with van der Waals surface area (Å²) in [5.41, 5.74) is 3.32. The topological polar surface area (TPSA) is 57.3 Å². The maximum Gasteiger partial charge on any atom is 0.274 e. The van der Waals surface area contributed by atoms with Gasteiger partial charge < -0.3 is 15.5 Å². The van der Waals surface area contributed by atoms with Crippen LogP contribution in [0.2, 0.25) is 0 Å². The third-order valence-corrected chi connectivity index (χ3v) is 3.50. The van der Waals surface area contributed by atoms with Crippen molar-refractivity contribution < 1.29 is 4.79 Å². The molecule has 0 unspecified atom stereocenters. The SMILES string of the molecule is CCc1ccc(NC(=O)c2cc(NCCN(C)C)ccn2)cc1. The van der Waals surface area contributed by atoms with Gasteiger partial charge in [0, 0.05) is 30.7 Å². The number of amides is 1. The highest BCUT2D eigenvalue weighted by Gasteiger charge is 2.08. The second kappa shape index (κ2) is 8.29. The highest BCUT2D eigenvalue weighted by atomic mass is 16.1. The second-order valence-electron chi connectivity index (χ2n) is 5.66. The average molecular weight is 312 g/mol. The van der Waals surface area contributed by atoms with Crippen LogP contribution in [0.3, 0.4) is 0 Å². The molecule has 2 rings (SSSR count). The van der Waals surface area contributed by atoms with Crippen molar-refractivity contribution in [2.45, 2.75) is 13.3 Å². The van der Waals surface area contributed by atoms with E-state index in [2.05, 4.69) is 27.4 Å². The zero-order valence-corrected chi connectivity index (χ0v) is 14.0. The molecule has 0 saturated carbocycles. The van der Waals surface area contributed by atoms with E-state index in [1.807, 2.05) is 44.4 Å². The molecule has 1 heterocycles. The smallest absolute Gasteiger partial charge is 0.274 e. The molecular formula is C18H24N4O. The molecule has 0 aliphatic rings. The quantitative estimate of drug-likeness (QED) is 0.825. The highest BCUT2D eigenvalue weighted by molar-refractivity contribution is 6.03. The maximum atomic E-state index is 12.3. The molecule has 5 nitrogen and oxygen atoms in total. The summed E-state index contributed by atoms with van der Waals surface area (Å²) in [6, 6.07) is 11.5. The van der Waals surface area contributed by atoms with Gasteiger partial charge in [-0.2, -0.15) is 0 Å². The summed E-state index contributed by atoms with van der Waals surface area (Å²) in [4.78, 5) is 18.5. The fraction of sp³-hybridized carbons (Fsp3) is 0.333. The summed E-state index contributed by atoms with van der Waals surface area (Å²) in [7, 11) is 4.05. The molecule has 23 heavy (non-hydrogen) atoms. The van der Waals surface area contributed by atoms with Gasteiger partial charge in [0.15, 0.2) is 0 Å². The average Bonchev–Trinajstić information content (AvgIpc) is 2.55.